The van der Waals surface area contributed by atoms with Gasteiger partial charge in [0.25, 0.3) is 0 Å². The van der Waals surface area contributed by atoms with Crippen LogP contribution in [-0.4, -0.2) is 29.7 Å². The number of rotatable bonds is 6. The number of carbonyl (C=O) groups excluding carboxylic acids is 1. The summed E-state index contributed by atoms with van der Waals surface area (Å²) in [7, 11) is 1.49. The first-order chi connectivity index (χ1) is 11.0. The van der Waals surface area contributed by atoms with Crippen LogP contribution in [0.15, 0.2) is 36.5 Å². The fraction of sp³-hybridized carbons (Fsp3) is 0.250. The molecule has 2 rings (SSSR count). The highest BCUT2D eigenvalue weighted by Crippen LogP contribution is 2.20. The van der Waals surface area contributed by atoms with E-state index in [2.05, 4.69) is 10.3 Å². The van der Waals surface area contributed by atoms with E-state index in [0.717, 1.165) is 12.1 Å². The zero-order chi connectivity index (χ0) is 16.8. The molecule has 1 aromatic heterocycles. The van der Waals surface area contributed by atoms with Crippen LogP contribution in [-0.2, 0) is 11.2 Å². The van der Waals surface area contributed by atoms with E-state index >= 15 is 0 Å². The van der Waals surface area contributed by atoms with E-state index in [4.69, 9.17) is 4.74 Å². The van der Waals surface area contributed by atoms with Crippen molar-refractivity contribution in [2.75, 3.05) is 13.7 Å². The fourth-order valence-electron chi connectivity index (χ4n) is 2.14. The van der Waals surface area contributed by atoms with Gasteiger partial charge >= 0.3 is 0 Å². The molecule has 0 aliphatic rings. The summed E-state index contributed by atoms with van der Waals surface area (Å²) in [4.78, 5) is 16.0. The number of nitrogens with one attached hydrogen (secondary N) is 1. The molecule has 1 heterocycles. The molecule has 1 atom stereocenters. The van der Waals surface area contributed by atoms with Crippen molar-refractivity contribution in [3.8, 4) is 5.75 Å². The number of aliphatic hydroxyl groups excluding tert-OH is 1. The smallest absolute Gasteiger partial charge is 0.226 e. The van der Waals surface area contributed by atoms with Crippen LogP contribution in [0.25, 0.3) is 0 Å². The standard InChI is InChI=1S/C16H16F2N2O3/c1-23-11-5-6-19-10(7-11)8-15(22)20-14(9-21)16-12(17)3-2-4-13(16)18/h2-7,14,21H,8-9H2,1H3,(H,20,22). The highest BCUT2D eigenvalue weighted by Gasteiger charge is 2.21. The molecule has 5 nitrogen and oxygen atoms in total. The van der Waals surface area contributed by atoms with E-state index in [0.29, 0.717) is 11.4 Å². The Morgan fingerprint density at radius 3 is 2.65 bits per heavy atom. The number of pyridine rings is 1. The minimum atomic E-state index is -1.17. The molecule has 7 heteroatoms. The summed E-state index contributed by atoms with van der Waals surface area (Å²) >= 11 is 0. The summed E-state index contributed by atoms with van der Waals surface area (Å²) in [5.41, 5.74) is 0.0643. The molecule has 0 aliphatic heterocycles. The van der Waals surface area contributed by atoms with Gasteiger partial charge in [0.15, 0.2) is 0 Å². The molecule has 0 saturated heterocycles. The van der Waals surface area contributed by atoms with Gasteiger partial charge < -0.3 is 15.2 Å². The summed E-state index contributed by atoms with van der Waals surface area (Å²) in [6.45, 7) is -0.630. The molecule has 0 saturated carbocycles. The van der Waals surface area contributed by atoms with Gasteiger partial charge in [0, 0.05) is 17.8 Å². The van der Waals surface area contributed by atoms with Crippen LogP contribution in [0.4, 0.5) is 8.78 Å². The second kappa shape index (κ2) is 7.64. The predicted molar refractivity (Wildman–Crippen MR) is 78.8 cm³/mol. The number of ether oxygens (including phenoxy) is 1. The Bertz CT molecular complexity index is 675. The Balaban J connectivity index is 2.11. The fourth-order valence-corrected chi connectivity index (χ4v) is 2.14. The molecule has 1 unspecified atom stereocenters. The van der Waals surface area contributed by atoms with Crippen LogP contribution >= 0.6 is 0 Å². The largest absolute Gasteiger partial charge is 0.497 e. The van der Waals surface area contributed by atoms with Gasteiger partial charge in [-0.25, -0.2) is 8.78 Å². The predicted octanol–water partition coefficient (Wildman–Crippen LogP) is 1.76. The first-order valence-electron chi connectivity index (χ1n) is 6.88. The van der Waals surface area contributed by atoms with Gasteiger partial charge in [0.05, 0.1) is 31.9 Å². The highest BCUT2D eigenvalue weighted by molar-refractivity contribution is 5.78. The average Bonchev–Trinajstić information content (AvgIpc) is 2.53. The maximum absolute atomic E-state index is 13.7. The number of nitrogens with zero attached hydrogens (tertiary/aromatic N) is 1. The second-order valence-electron chi connectivity index (χ2n) is 4.80. The topological polar surface area (TPSA) is 71.5 Å². The van der Waals surface area contributed by atoms with E-state index < -0.39 is 30.2 Å². The van der Waals surface area contributed by atoms with Crippen molar-refractivity contribution in [1.82, 2.24) is 10.3 Å². The van der Waals surface area contributed by atoms with Crippen LogP contribution in [0.1, 0.15) is 17.3 Å². The second-order valence-corrected chi connectivity index (χ2v) is 4.80. The number of aliphatic hydroxyl groups is 1. The average molecular weight is 322 g/mol. The van der Waals surface area contributed by atoms with Gasteiger partial charge in [-0.05, 0) is 18.2 Å². The third kappa shape index (κ3) is 4.23. The van der Waals surface area contributed by atoms with Gasteiger partial charge in [-0.1, -0.05) is 6.07 Å². The number of methoxy groups -OCH3 is 1. The third-order valence-electron chi connectivity index (χ3n) is 3.23. The Morgan fingerprint density at radius 2 is 2.04 bits per heavy atom. The minimum absolute atomic E-state index is 0.107. The molecule has 122 valence electrons. The van der Waals surface area contributed by atoms with Crippen molar-refractivity contribution in [3.63, 3.8) is 0 Å². The van der Waals surface area contributed by atoms with Crippen molar-refractivity contribution < 1.29 is 23.4 Å². The summed E-state index contributed by atoms with van der Waals surface area (Å²) < 4.78 is 32.5. The number of hydrogen-bond donors (Lipinski definition) is 2. The van der Waals surface area contributed by atoms with Gasteiger partial charge in [-0.2, -0.15) is 0 Å². The number of halogens is 2. The Morgan fingerprint density at radius 1 is 1.35 bits per heavy atom. The maximum Gasteiger partial charge on any atom is 0.226 e. The molecule has 0 aliphatic carbocycles. The van der Waals surface area contributed by atoms with Crippen molar-refractivity contribution in [2.24, 2.45) is 0 Å². The van der Waals surface area contributed by atoms with Crippen LogP contribution in [0.3, 0.4) is 0 Å². The SMILES string of the molecule is COc1ccnc(CC(=O)NC(CO)c2c(F)cccc2F)c1. The summed E-state index contributed by atoms with van der Waals surface area (Å²) in [5.74, 6) is -1.64. The number of amides is 1. The number of carbonyl (C=O) groups is 1. The Labute approximate surface area is 131 Å². The number of benzene rings is 1. The Kier molecular flexibility index (Phi) is 5.59. The van der Waals surface area contributed by atoms with Gasteiger partial charge in [-0.3, -0.25) is 9.78 Å². The Hall–Kier alpha value is -2.54. The molecule has 0 bridgehead atoms. The molecular weight excluding hydrogens is 306 g/mol. The maximum atomic E-state index is 13.7. The summed E-state index contributed by atoms with van der Waals surface area (Å²) in [6, 6.07) is 5.39. The monoisotopic (exact) mass is 322 g/mol. The number of aromatic nitrogens is 1. The van der Waals surface area contributed by atoms with Crippen molar-refractivity contribution in [3.05, 3.63) is 59.4 Å². The lowest BCUT2D eigenvalue weighted by Gasteiger charge is -2.18. The lowest BCUT2D eigenvalue weighted by Crippen LogP contribution is -2.33. The van der Waals surface area contributed by atoms with Crippen LogP contribution in [0, 0.1) is 11.6 Å². The first-order valence-corrected chi connectivity index (χ1v) is 6.88. The normalized spacial score (nSPS) is 11.8. The molecule has 1 aromatic carbocycles. The minimum Gasteiger partial charge on any atom is -0.497 e. The molecule has 23 heavy (non-hydrogen) atoms. The number of hydrogen-bond acceptors (Lipinski definition) is 4. The molecule has 0 fully saturated rings. The molecular formula is C16H16F2N2O3. The van der Waals surface area contributed by atoms with E-state index in [1.165, 1.54) is 19.4 Å². The third-order valence-corrected chi connectivity index (χ3v) is 3.23. The van der Waals surface area contributed by atoms with Crippen molar-refractivity contribution in [1.29, 1.82) is 0 Å². The van der Waals surface area contributed by atoms with Crippen LogP contribution in [0.5, 0.6) is 5.75 Å². The zero-order valence-corrected chi connectivity index (χ0v) is 12.4. The highest BCUT2D eigenvalue weighted by atomic mass is 19.1. The van der Waals surface area contributed by atoms with Crippen molar-refractivity contribution in [2.45, 2.75) is 12.5 Å². The molecule has 2 aromatic rings. The van der Waals surface area contributed by atoms with Crippen LogP contribution < -0.4 is 10.1 Å². The van der Waals surface area contributed by atoms with Gasteiger partial charge in [-0.15, -0.1) is 0 Å². The summed E-state index contributed by atoms with van der Waals surface area (Å²) in [6.07, 6.45) is 1.38. The molecule has 0 radical (unpaired) electrons. The molecule has 1 amide bonds. The quantitative estimate of drug-likeness (QED) is 0.850. The molecule has 2 N–H and O–H groups in total. The zero-order valence-electron chi connectivity index (χ0n) is 12.4. The van der Waals surface area contributed by atoms with Gasteiger partial charge in [0.1, 0.15) is 17.4 Å². The van der Waals surface area contributed by atoms with Crippen molar-refractivity contribution >= 4 is 5.91 Å². The van der Waals surface area contributed by atoms with Crippen LogP contribution in [0.2, 0.25) is 0 Å². The van der Waals surface area contributed by atoms with E-state index in [1.807, 2.05) is 0 Å². The lowest BCUT2D eigenvalue weighted by molar-refractivity contribution is -0.121. The molecule has 0 spiro atoms. The van der Waals surface area contributed by atoms with Gasteiger partial charge in [0.2, 0.25) is 5.91 Å². The summed E-state index contributed by atoms with van der Waals surface area (Å²) in [5, 5.41) is 11.7. The lowest BCUT2D eigenvalue weighted by atomic mass is 10.1. The van der Waals surface area contributed by atoms with E-state index in [9.17, 15) is 18.7 Å². The van der Waals surface area contributed by atoms with E-state index in [-0.39, 0.29) is 12.0 Å². The first kappa shape index (κ1) is 16.8. The van der Waals surface area contributed by atoms with E-state index in [1.54, 1.807) is 12.1 Å².